The highest BCUT2D eigenvalue weighted by Crippen LogP contribution is 2.32. The molecule has 0 aliphatic rings. The van der Waals surface area contributed by atoms with Gasteiger partial charge in [-0.3, -0.25) is 9.59 Å². The molecular formula is C13H14F3NO2. The summed E-state index contributed by atoms with van der Waals surface area (Å²) in [7, 11) is 0. The lowest BCUT2D eigenvalue weighted by Gasteiger charge is -2.23. The molecule has 0 saturated heterocycles. The Balaban J connectivity index is 3.03. The van der Waals surface area contributed by atoms with Crippen LogP contribution in [0.5, 0.6) is 0 Å². The first-order valence-corrected chi connectivity index (χ1v) is 5.68. The summed E-state index contributed by atoms with van der Waals surface area (Å²) in [5.41, 5.74) is 0.173. The van der Waals surface area contributed by atoms with Gasteiger partial charge in [-0.2, -0.15) is 13.2 Å². The van der Waals surface area contributed by atoms with E-state index < -0.39 is 24.0 Å². The molecule has 1 aromatic carbocycles. The van der Waals surface area contributed by atoms with Crippen LogP contribution in [0, 0.1) is 5.92 Å². The van der Waals surface area contributed by atoms with Gasteiger partial charge in [0.25, 0.3) is 0 Å². The number of carbonyl (C=O) groups is 2. The minimum Gasteiger partial charge on any atom is -0.341 e. The van der Waals surface area contributed by atoms with Crippen LogP contribution < -0.4 is 5.32 Å². The van der Waals surface area contributed by atoms with Gasteiger partial charge in [-0.05, 0) is 5.56 Å². The average Bonchev–Trinajstić information content (AvgIpc) is 2.34. The van der Waals surface area contributed by atoms with Gasteiger partial charge in [-0.15, -0.1) is 0 Å². The van der Waals surface area contributed by atoms with Gasteiger partial charge in [-0.1, -0.05) is 38.1 Å². The van der Waals surface area contributed by atoms with E-state index in [-0.39, 0.29) is 11.1 Å². The maximum Gasteiger partial charge on any atom is 0.412 e. The third-order valence-electron chi connectivity index (χ3n) is 2.54. The Hall–Kier alpha value is -1.85. The van der Waals surface area contributed by atoms with E-state index in [1.807, 2.05) is 5.32 Å². The number of aldehydes is 1. The zero-order valence-corrected chi connectivity index (χ0v) is 10.5. The van der Waals surface area contributed by atoms with Crippen molar-refractivity contribution >= 4 is 12.2 Å². The summed E-state index contributed by atoms with van der Waals surface area (Å²) in [4.78, 5) is 21.9. The molecular weight excluding hydrogens is 259 g/mol. The Bertz CT molecular complexity index is 452. The SMILES string of the molecule is CC(C)C(=O)NC(c1ccc(C=O)cc1)C(F)(F)F. The number of nitrogens with one attached hydrogen (secondary N) is 1. The zero-order chi connectivity index (χ0) is 14.6. The van der Waals surface area contributed by atoms with Gasteiger partial charge in [0.1, 0.15) is 6.29 Å². The number of hydrogen-bond acceptors (Lipinski definition) is 2. The summed E-state index contributed by atoms with van der Waals surface area (Å²) in [5, 5.41) is 1.96. The van der Waals surface area contributed by atoms with Crippen molar-refractivity contribution in [3.63, 3.8) is 0 Å². The second-order valence-corrected chi connectivity index (χ2v) is 4.42. The summed E-state index contributed by atoms with van der Waals surface area (Å²) in [5.74, 6) is -1.22. The monoisotopic (exact) mass is 273 g/mol. The number of halogens is 3. The van der Waals surface area contributed by atoms with E-state index in [2.05, 4.69) is 0 Å². The first-order chi connectivity index (χ1) is 8.75. The topological polar surface area (TPSA) is 46.2 Å². The van der Waals surface area contributed by atoms with E-state index >= 15 is 0 Å². The Morgan fingerprint density at radius 1 is 1.21 bits per heavy atom. The number of amides is 1. The maximum absolute atomic E-state index is 12.9. The van der Waals surface area contributed by atoms with Crippen molar-refractivity contribution in [2.45, 2.75) is 26.1 Å². The normalized spacial score (nSPS) is 13.2. The van der Waals surface area contributed by atoms with Crippen LogP contribution in [-0.2, 0) is 4.79 Å². The molecule has 1 amide bonds. The second kappa shape index (κ2) is 5.86. The summed E-state index contributed by atoms with van der Waals surface area (Å²) >= 11 is 0. The van der Waals surface area contributed by atoms with Crippen LogP contribution in [0.25, 0.3) is 0 Å². The fourth-order valence-corrected chi connectivity index (χ4v) is 1.43. The summed E-state index contributed by atoms with van der Waals surface area (Å²) in [6.07, 6.45) is -4.05. The van der Waals surface area contributed by atoms with E-state index in [0.717, 1.165) is 0 Å². The van der Waals surface area contributed by atoms with Crippen molar-refractivity contribution in [1.82, 2.24) is 5.32 Å². The fourth-order valence-electron chi connectivity index (χ4n) is 1.43. The molecule has 1 atom stereocenters. The lowest BCUT2D eigenvalue weighted by atomic mass is 10.0. The largest absolute Gasteiger partial charge is 0.412 e. The molecule has 1 N–H and O–H groups in total. The molecule has 6 heteroatoms. The van der Waals surface area contributed by atoms with Crippen molar-refractivity contribution in [1.29, 1.82) is 0 Å². The van der Waals surface area contributed by atoms with Gasteiger partial charge in [0.05, 0.1) is 0 Å². The van der Waals surface area contributed by atoms with Crippen LogP contribution in [-0.4, -0.2) is 18.4 Å². The first kappa shape index (κ1) is 15.2. The lowest BCUT2D eigenvalue weighted by Crippen LogP contribution is -2.40. The maximum atomic E-state index is 12.9. The molecule has 19 heavy (non-hydrogen) atoms. The van der Waals surface area contributed by atoms with E-state index in [4.69, 9.17) is 0 Å². The van der Waals surface area contributed by atoms with Crippen molar-refractivity contribution in [2.24, 2.45) is 5.92 Å². The predicted molar refractivity (Wildman–Crippen MR) is 63.6 cm³/mol. The minimum atomic E-state index is -4.59. The highest BCUT2D eigenvalue weighted by molar-refractivity contribution is 5.78. The van der Waals surface area contributed by atoms with Gasteiger partial charge in [0.15, 0.2) is 6.04 Å². The molecule has 1 aromatic rings. The smallest absolute Gasteiger partial charge is 0.341 e. The molecule has 0 heterocycles. The molecule has 104 valence electrons. The molecule has 0 fully saturated rings. The van der Waals surface area contributed by atoms with Crippen LogP contribution in [0.2, 0.25) is 0 Å². The standard InChI is InChI=1S/C13H14F3NO2/c1-8(2)12(19)17-11(13(14,15)16)10-5-3-9(7-18)4-6-10/h3-8,11H,1-2H3,(H,17,19). The summed E-state index contributed by atoms with van der Waals surface area (Å²) < 4.78 is 38.8. The van der Waals surface area contributed by atoms with Gasteiger partial charge in [-0.25, -0.2) is 0 Å². The fraction of sp³-hybridized carbons (Fsp3) is 0.385. The first-order valence-electron chi connectivity index (χ1n) is 5.68. The van der Waals surface area contributed by atoms with Crippen molar-refractivity contribution in [3.05, 3.63) is 35.4 Å². The van der Waals surface area contributed by atoms with Crippen molar-refractivity contribution < 1.29 is 22.8 Å². The van der Waals surface area contributed by atoms with Gasteiger partial charge < -0.3 is 5.32 Å². The Morgan fingerprint density at radius 3 is 2.11 bits per heavy atom. The molecule has 1 unspecified atom stereocenters. The van der Waals surface area contributed by atoms with E-state index in [1.54, 1.807) is 0 Å². The molecule has 0 saturated carbocycles. The van der Waals surface area contributed by atoms with Gasteiger partial charge in [0.2, 0.25) is 5.91 Å². The van der Waals surface area contributed by atoms with Crippen LogP contribution in [0.4, 0.5) is 13.2 Å². The van der Waals surface area contributed by atoms with E-state index in [1.165, 1.54) is 38.1 Å². The number of rotatable bonds is 4. The van der Waals surface area contributed by atoms with Crippen LogP contribution in [0.1, 0.15) is 35.8 Å². The molecule has 0 radical (unpaired) electrons. The van der Waals surface area contributed by atoms with Crippen LogP contribution in [0.15, 0.2) is 24.3 Å². The average molecular weight is 273 g/mol. The highest BCUT2D eigenvalue weighted by atomic mass is 19.4. The molecule has 3 nitrogen and oxygen atoms in total. The Morgan fingerprint density at radius 2 is 1.74 bits per heavy atom. The van der Waals surface area contributed by atoms with Crippen LogP contribution >= 0.6 is 0 Å². The van der Waals surface area contributed by atoms with Crippen molar-refractivity contribution in [3.8, 4) is 0 Å². The third kappa shape index (κ3) is 4.08. The number of benzene rings is 1. The summed E-state index contributed by atoms with van der Waals surface area (Å²) in [6, 6.07) is 2.86. The second-order valence-electron chi connectivity index (χ2n) is 4.42. The number of hydrogen-bond donors (Lipinski definition) is 1. The number of alkyl halides is 3. The molecule has 0 aliphatic heterocycles. The van der Waals surface area contributed by atoms with Crippen molar-refractivity contribution in [2.75, 3.05) is 0 Å². The quantitative estimate of drug-likeness (QED) is 0.857. The third-order valence-corrected chi connectivity index (χ3v) is 2.54. The highest BCUT2D eigenvalue weighted by Gasteiger charge is 2.42. The Labute approximate surface area is 108 Å². The van der Waals surface area contributed by atoms with Crippen LogP contribution in [0.3, 0.4) is 0 Å². The zero-order valence-electron chi connectivity index (χ0n) is 10.5. The minimum absolute atomic E-state index is 0.105. The molecule has 0 aliphatic carbocycles. The molecule has 0 bridgehead atoms. The predicted octanol–water partition coefficient (Wildman–Crippen LogP) is 2.87. The molecule has 1 rings (SSSR count). The number of carbonyl (C=O) groups excluding carboxylic acids is 2. The molecule has 0 aromatic heterocycles. The summed E-state index contributed by atoms with van der Waals surface area (Å²) in [6.45, 7) is 3.02. The van der Waals surface area contributed by atoms with E-state index in [9.17, 15) is 22.8 Å². The Kier molecular flexibility index (Phi) is 4.69. The van der Waals surface area contributed by atoms with Gasteiger partial charge in [0, 0.05) is 11.5 Å². The molecule has 0 spiro atoms. The lowest BCUT2D eigenvalue weighted by molar-refractivity contribution is -0.164. The van der Waals surface area contributed by atoms with Gasteiger partial charge >= 0.3 is 6.18 Å². The van der Waals surface area contributed by atoms with E-state index in [0.29, 0.717) is 6.29 Å².